The highest BCUT2D eigenvalue weighted by Gasteiger charge is 2.13. The molecule has 0 radical (unpaired) electrons. The van der Waals surface area contributed by atoms with Gasteiger partial charge in [-0.3, -0.25) is 9.89 Å². The van der Waals surface area contributed by atoms with E-state index in [1.807, 2.05) is 73.1 Å². The predicted molar refractivity (Wildman–Crippen MR) is 128 cm³/mol. The molecule has 2 aromatic carbocycles. The lowest BCUT2D eigenvalue weighted by Crippen LogP contribution is -2.18. The van der Waals surface area contributed by atoms with Gasteiger partial charge in [-0.25, -0.2) is 10.1 Å². The molecule has 4 aromatic rings. The molecule has 168 valence electrons. The van der Waals surface area contributed by atoms with E-state index in [0.717, 1.165) is 40.4 Å². The summed E-state index contributed by atoms with van der Waals surface area (Å²) in [7, 11) is 0. The summed E-state index contributed by atoms with van der Waals surface area (Å²) in [6.07, 6.45) is 2.57. The summed E-state index contributed by atoms with van der Waals surface area (Å²) in [6.45, 7) is 6.62. The Morgan fingerprint density at radius 3 is 2.64 bits per heavy atom. The molecule has 0 aliphatic carbocycles. The van der Waals surface area contributed by atoms with Gasteiger partial charge in [0.15, 0.2) is 0 Å². The Kier molecular flexibility index (Phi) is 6.64. The molecule has 0 saturated carbocycles. The van der Waals surface area contributed by atoms with Gasteiger partial charge in [0.2, 0.25) is 0 Å². The molecule has 0 aliphatic heterocycles. The van der Waals surface area contributed by atoms with Gasteiger partial charge in [-0.2, -0.15) is 15.3 Å². The van der Waals surface area contributed by atoms with Crippen molar-refractivity contribution in [1.82, 2.24) is 25.4 Å². The minimum absolute atomic E-state index is 0.321. The quantitative estimate of drug-likeness (QED) is 0.312. The molecule has 0 bridgehead atoms. The number of carbonyl (C=O) groups is 1. The Morgan fingerprint density at radius 2 is 1.91 bits per heavy atom. The molecular formula is C25H26N6O2. The SMILES string of the molecule is CCCOc1ccc(-c2cc(C(=O)N/N=C/c3c(C)nn(-c4ccccc4)c3C)[nH]n2)cc1. The summed E-state index contributed by atoms with van der Waals surface area (Å²) in [5, 5.41) is 15.7. The molecule has 0 atom stereocenters. The minimum Gasteiger partial charge on any atom is -0.494 e. The van der Waals surface area contributed by atoms with Gasteiger partial charge >= 0.3 is 0 Å². The van der Waals surface area contributed by atoms with Crippen molar-refractivity contribution < 1.29 is 9.53 Å². The van der Waals surface area contributed by atoms with Crippen LogP contribution in [0.5, 0.6) is 5.75 Å². The zero-order chi connectivity index (χ0) is 23.2. The first-order chi connectivity index (χ1) is 16.1. The molecule has 0 aliphatic rings. The summed E-state index contributed by atoms with van der Waals surface area (Å²) in [4.78, 5) is 12.5. The lowest BCUT2D eigenvalue weighted by atomic mass is 10.1. The monoisotopic (exact) mass is 442 g/mol. The highest BCUT2D eigenvalue weighted by molar-refractivity contribution is 5.94. The van der Waals surface area contributed by atoms with Crippen LogP contribution in [0.25, 0.3) is 16.9 Å². The number of aromatic nitrogens is 4. The standard InChI is InChI=1S/C25H26N6O2/c1-4-14-33-21-12-10-19(11-13-21)23-15-24(28-27-23)25(32)29-26-16-22-17(2)30-31(18(22)3)20-8-6-5-7-9-20/h5-13,15-16H,4,14H2,1-3H3,(H,27,28)(H,29,32)/b26-16+. The Bertz CT molecular complexity index is 1260. The molecule has 1 amide bonds. The third-order valence-corrected chi connectivity index (χ3v) is 5.15. The van der Waals surface area contributed by atoms with E-state index in [9.17, 15) is 4.79 Å². The summed E-state index contributed by atoms with van der Waals surface area (Å²) in [6, 6.07) is 19.2. The Morgan fingerprint density at radius 1 is 1.15 bits per heavy atom. The van der Waals surface area contributed by atoms with Gasteiger partial charge < -0.3 is 4.74 Å². The van der Waals surface area contributed by atoms with Crippen molar-refractivity contribution in [2.45, 2.75) is 27.2 Å². The van der Waals surface area contributed by atoms with Crippen molar-refractivity contribution in [1.29, 1.82) is 0 Å². The number of para-hydroxylation sites is 1. The maximum absolute atomic E-state index is 12.5. The molecule has 4 rings (SSSR count). The number of amides is 1. The van der Waals surface area contributed by atoms with Crippen LogP contribution in [0.4, 0.5) is 0 Å². The average Bonchev–Trinajstić information content (AvgIpc) is 3.44. The van der Waals surface area contributed by atoms with Crippen molar-refractivity contribution in [2.24, 2.45) is 5.10 Å². The number of hydrogen-bond acceptors (Lipinski definition) is 5. The maximum Gasteiger partial charge on any atom is 0.289 e. The van der Waals surface area contributed by atoms with Gasteiger partial charge in [-0.1, -0.05) is 25.1 Å². The first kappa shape index (κ1) is 22.0. The molecule has 0 spiro atoms. The van der Waals surface area contributed by atoms with Gasteiger partial charge in [0.1, 0.15) is 11.4 Å². The van der Waals surface area contributed by atoms with Crippen LogP contribution in [0.3, 0.4) is 0 Å². The van der Waals surface area contributed by atoms with Crippen molar-refractivity contribution in [3.63, 3.8) is 0 Å². The number of hydrogen-bond donors (Lipinski definition) is 2. The number of H-pyrrole nitrogens is 1. The number of nitrogens with zero attached hydrogens (tertiary/aromatic N) is 4. The van der Waals surface area contributed by atoms with Gasteiger partial charge in [0.25, 0.3) is 5.91 Å². The summed E-state index contributed by atoms with van der Waals surface area (Å²) < 4.78 is 7.46. The van der Waals surface area contributed by atoms with E-state index >= 15 is 0 Å². The van der Waals surface area contributed by atoms with Gasteiger partial charge in [0, 0.05) is 11.1 Å². The second-order valence-electron chi connectivity index (χ2n) is 7.57. The van der Waals surface area contributed by atoms with Crippen molar-refractivity contribution in [3.05, 3.63) is 83.3 Å². The Balaban J connectivity index is 1.42. The van der Waals surface area contributed by atoms with Crippen LogP contribution < -0.4 is 10.2 Å². The molecule has 8 nitrogen and oxygen atoms in total. The van der Waals surface area contributed by atoms with Crippen LogP contribution in [-0.4, -0.2) is 38.7 Å². The fourth-order valence-electron chi connectivity index (χ4n) is 3.41. The first-order valence-corrected chi connectivity index (χ1v) is 10.8. The molecular weight excluding hydrogens is 416 g/mol. The van der Waals surface area contributed by atoms with Crippen LogP contribution in [0.1, 0.15) is 40.8 Å². The number of aromatic amines is 1. The van der Waals surface area contributed by atoms with Crippen LogP contribution in [0, 0.1) is 13.8 Å². The van der Waals surface area contributed by atoms with Crippen LogP contribution in [0.15, 0.2) is 65.8 Å². The summed E-state index contributed by atoms with van der Waals surface area (Å²) in [5.74, 6) is 0.434. The van der Waals surface area contributed by atoms with Crippen molar-refractivity contribution in [3.8, 4) is 22.7 Å². The second-order valence-corrected chi connectivity index (χ2v) is 7.57. The topological polar surface area (TPSA) is 97.2 Å². The fourth-order valence-corrected chi connectivity index (χ4v) is 3.41. The Hall–Kier alpha value is -4.20. The third kappa shape index (κ3) is 5.01. The second kappa shape index (κ2) is 9.95. The lowest BCUT2D eigenvalue weighted by Gasteiger charge is -2.04. The van der Waals surface area contributed by atoms with Crippen LogP contribution >= 0.6 is 0 Å². The lowest BCUT2D eigenvalue weighted by molar-refractivity contribution is 0.0950. The smallest absolute Gasteiger partial charge is 0.289 e. The molecule has 8 heteroatoms. The largest absolute Gasteiger partial charge is 0.494 e. The third-order valence-electron chi connectivity index (χ3n) is 5.15. The van der Waals surface area contributed by atoms with Gasteiger partial charge in [0.05, 0.1) is 35.6 Å². The summed E-state index contributed by atoms with van der Waals surface area (Å²) in [5.41, 5.74) is 8.01. The number of aryl methyl sites for hydroxylation is 1. The molecule has 0 fully saturated rings. The van der Waals surface area contributed by atoms with Gasteiger partial charge in [-0.05, 0) is 62.7 Å². The normalized spacial score (nSPS) is 11.1. The zero-order valence-electron chi connectivity index (χ0n) is 18.9. The van der Waals surface area contributed by atoms with Crippen molar-refractivity contribution >= 4 is 12.1 Å². The van der Waals surface area contributed by atoms with Crippen molar-refractivity contribution in [2.75, 3.05) is 6.61 Å². The molecule has 0 saturated heterocycles. The van der Waals surface area contributed by atoms with E-state index in [4.69, 9.17) is 4.74 Å². The number of hydrazone groups is 1. The van der Waals surface area contributed by atoms with E-state index in [2.05, 4.69) is 32.7 Å². The molecule has 0 unspecified atom stereocenters. The van der Waals surface area contributed by atoms with E-state index < -0.39 is 0 Å². The zero-order valence-corrected chi connectivity index (χ0v) is 18.9. The van der Waals surface area contributed by atoms with E-state index in [0.29, 0.717) is 18.0 Å². The predicted octanol–water partition coefficient (Wildman–Crippen LogP) is 4.43. The highest BCUT2D eigenvalue weighted by Crippen LogP contribution is 2.21. The molecule has 2 aromatic heterocycles. The first-order valence-electron chi connectivity index (χ1n) is 10.8. The van der Waals surface area contributed by atoms with Crippen LogP contribution in [-0.2, 0) is 0 Å². The molecule has 2 heterocycles. The number of benzene rings is 2. The number of nitrogens with one attached hydrogen (secondary N) is 2. The molecule has 2 N–H and O–H groups in total. The summed E-state index contributed by atoms with van der Waals surface area (Å²) >= 11 is 0. The minimum atomic E-state index is -0.376. The number of ether oxygens (including phenoxy) is 1. The van der Waals surface area contributed by atoms with Crippen LogP contribution in [0.2, 0.25) is 0 Å². The Labute approximate surface area is 192 Å². The van der Waals surface area contributed by atoms with E-state index in [1.54, 1.807) is 12.3 Å². The number of rotatable bonds is 8. The maximum atomic E-state index is 12.5. The highest BCUT2D eigenvalue weighted by atomic mass is 16.5. The van der Waals surface area contributed by atoms with Gasteiger partial charge in [-0.15, -0.1) is 0 Å². The number of carbonyl (C=O) groups excluding carboxylic acids is 1. The van der Waals surface area contributed by atoms with E-state index in [1.165, 1.54) is 0 Å². The van der Waals surface area contributed by atoms with E-state index in [-0.39, 0.29) is 5.91 Å². The molecule has 33 heavy (non-hydrogen) atoms. The average molecular weight is 443 g/mol. The fraction of sp³-hybridized carbons (Fsp3) is 0.200.